The number of aromatic nitrogens is 5. The molecule has 0 aliphatic heterocycles. The van der Waals surface area contributed by atoms with Crippen LogP contribution in [0.1, 0.15) is 25.3 Å². The van der Waals surface area contributed by atoms with Gasteiger partial charge >= 0.3 is 0 Å². The van der Waals surface area contributed by atoms with Crippen molar-refractivity contribution in [2.24, 2.45) is 0 Å². The van der Waals surface area contributed by atoms with Gasteiger partial charge < -0.3 is 0 Å². The molecule has 4 rings (SSSR count). The van der Waals surface area contributed by atoms with E-state index in [0.29, 0.717) is 33.4 Å². The van der Waals surface area contributed by atoms with Crippen molar-refractivity contribution in [3.8, 4) is 5.69 Å². The van der Waals surface area contributed by atoms with Crippen molar-refractivity contribution in [2.45, 2.75) is 31.5 Å². The minimum atomic E-state index is -0.0944. The number of hydrogen-bond donors (Lipinski definition) is 0. The number of nitrogens with zero attached hydrogens (tertiary/aromatic N) is 5. The van der Waals surface area contributed by atoms with Crippen LogP contribution < -0.4 is 5.56 Å². The molecule has 2 heterocycles. The summed E-state index contributed by atoms with van der Waals surface area (Å²) in [5.41, 5.74) is 2.47. The zero-order valence-electron chi connectivity index (χ0n) is 16.1. The Morgan fingerprint density at radius 2 is 2.00 bits per heavy atom. The Balaban J connectivity index is 1.85. The Morgan fingerprint density at radius 3 is 2.76 bits per heavy atom. The van der Waals surface area contributed by atoms with Crippen LogP contribution in [0.4, 0.5) is 0 Å². The van der Waals surface area contributed by atoms with E-state index < -0.39 is 0 Å². The SMILES string of the molecule is CC(C)c1ccccc1-n1c(SCCn2cncn2)nc2cc(Cl)ccc2c1=O. The molecule has 0 atom stereocenters. The van der Waals surface area contributed by atoms with E-state index in [2.05, 4.69) is 30.0 Å². The highest BCUT2D eigenvalue weighted by Crippen LogP contribution is 2.27. The first-order chi connectivity index (χ1) is 14.0. The van der Waals surface area contributed by atoms with Gasteiger partial charge in [-0.3, -0.25) is 14.0 Å². The fourth-order valence-corrected chi connectivity index (χ4v) is 4.31. The van der Waals surface area contributed by atoms with Gasteiger partial charge in [0.25, 0.3) is 5.56 Å². The van der Waals surface area contributed by atoms with Crippen LogP contribution in [0.2, 0.25) is 5.02 Å². The standard InChI is InChI=1S/C21H20ClN5OS/c1-14(2)16-5-3-4-6-19(16)27-20(28)17-8-7-15(22)11-18(17)25-21(27)29-10-9-26-13-23-12-24-26/h3-8,11-14H,9-10H2,1-2H3. The fourth-order valence-electron chi connectivity index (χ4n) is 3.21. The second kappa shape index (κ2) is 8.39. The monoisotopic (exact) mass is 425 g/mol. The highest BCUT2D eigenvalue weighted by atomic mass is 35.5. The number of halogens is 1. The van der Waals surface area contributed by atoms with Gasteiger partial charge in [0.1, 0.15) is 12.7 Å². The van der Waals surface area contributed by atoms with E-state index in [1.165, 1.54) is 18.1 Å². The second-order valence-electron chi connectivity index (χ2n) is 6.92. The summed E-state index contributed by atoms with van der Waals surface area (Å²) in [6, 6.07) is 13.2. The molecule has 0 saturated carbocycles. The van der Waals surface area contributed by atoms with Gasteiger partial charge in [0.2, 0.25) is 0 Å². The zero-order chi connectivity index (χ0) is 20.4. The van der Waals surface area contributed by atoms with Crippen molar-refractivity contribution in [3.63, 3.8) is 0 Å². The van der Waals surface area contributed by atoms with Crippen molar-refractivity contribution in [1.29, 1.82) is 0 Å². The Hall–Kier alpha value is -2.64. The third-order valence-electron chi connectivity index (χ3n) is 4.62. The molecule has 4 aromatic rings. The summed E-state index contributed by atoms with van der Waals surface area (Å²) in [4.78, 5) is 22.2. The summed E-state index contributed by atoms with van der Waals surface area (Å²) >= 11 is 7.66. The molecule has 0 unspecified atom stereocenters. The van der Waals surface area contributed by atoms with Gasteiger partial charge in [-0.05, 0) is 35.7 Å². The van der Waals surface area contributed by atoms with Gasteiger partial charge in [-0.15, -0.1) is 0 Å². The van der Waals surface area contributed by atoms with Gasteiger partial charge in [0.05, 0.1) is 23.1 Å². The number of hydrogen-bond acceptors (Lipinski definition) is 5. The average Bonchev–Trinajstić information content (AvgIpc) is 3.21. The summed E-state index contributed by atoms with van der Waals surface area (Å²) in [7, 11) is 0. The molecule has 0 amide bonds. The minimum Gasteiger partial charge on any atom is -0.268 e. The van der Waals surface area contributed by atoms with Crippen LogP contribution in [0.3, 0.4) is 0 Å². The Kier molecular flexibility index (Phi) is 5.69. The number of benzene rings is 2. The maximum atomic E-state index is 13.5. The van der Waals surface area contributed by atoms with E-state index in [0.717, 1.165) is 11.3 Å². The van der Waals surface area contributed by atoms with Crippen LogP contribution in [0, 0.1) is 0 Å². The van der Waals surface area contributed by atoms with Crippen molar-refractivity contribution in [2.75, 3.05) is 5.75 Å². The van der Waals surface area contributed by atoms with Crippen molar-refractivity contribution in [1.82, 2.24) is 24.3 Å². The molecule has 8 heteroatoms. The Bertz CT molecular complexity index is 1200. The van der Waals surface area contributed by atoms with Gasteiger partial charge in [-0.1, -0.05) is 55.4 Å². The first-order valence-electron chi connectivity index (χ1n) is 9.31. The lowest BCUT2D eigenvalue weighted by atomic mass is 10.0. The predicted octanol–water partition coefficient (Wildman–Crippen LogP) is 4.55. The van der Waals surface area contributed by atoms with Gasteiger partial charge in [-0.25, -0.2) is 9.97 Å². The molecule has 0 radical (unpaired) electrons. The molecule has 2 aromatic carbocycles. The molecule has 6 nitrogen and oxygen atoms in total. The van der Waals surface area contributed by atoms with E-state index >= 15 is 0 Å². The molecule has 0 saturated heterocycles. The van der Waals surface area contributed by atoms with Crippen LogP contribution in [0.25, 0.3) is 16.6 Å². The highest BCUT2D eigenvalue weighted by Gasteiger charge is 2.17. The van der Waals surface area contributed by atoms with Gasteiger partial charge in [0.15, 0.2) is 5.16 Å². The number of rotatable bonds is 6. The fraction of sp³-hybridized carbons (Fsp3) is 0.238. The third-order valence-corrected chi connectivity index (χ3v) is 5.77. The summed E-state index contributed by atoms with van der Waals surface area (Å²) < 4.78 is 3.48. The normalized spacial score (nSPS) is 11.4. The van der Waals surface area contributed by atoms with E-state index in [4.69, 9.17) is 16.6 Å². The number of thioether (sulfide) groups is 1. The molecule has 0 fully saturated rings. The lowest BCUT2D eigenvalue weighted by Crippen LogP contribution is -2.23. The van der Waals surface area contributed by atoms with Crippen LogP contribution in [-0.4, -0.2) is 30.1 Å². The van der Waals surface area contributed by atoms with Gasteiger partial charge in [-0.2, -0.15) is 5.10 Å². The molecular weight excluding hydrogens is 406 g/mol. The first kappa shape index (κ1) is 19.7. The highest BCUT2D eigenvalue weighted by molar-refractivity contribution is 7.99. The summed E-state index contributed by atoms with van der Waals surface area (Å²) in [6.07, 6.45) is 3.19. The number of aryl methyl sites for hydroxylation is 1. The molecule has 0 aliphatic rings. The third kappa shape index (κ3) is 4.06. The minimum absolute atomic E-state index is 0.0944. The summed E-state index contributed by atoms with van der Waals surface area (Å²) in [6.45, 7) is 4.91. The maximum Gasteiger partial charge on any atom is 0.266 e. The smallest absolute Gasteiger partial charge is 0.266 e. The molecule has 2 aromatic heterocycles. The molecule has 29 heavy (non-hydrogen) atoms. The quantitative estimate of drug-likeness (QED) is 0.335. The van der Waals surface area contributed by atoms with E-state index in [-0.39, 0.29) is 11.5 Å². The van der Waals surface area contributed by atoms with E-state index in [1.807, 2.05) is 18.2 Å². The van der Waals surface area contributed by atoms with Crippen molar-refractivity contribution in [3.05, 3.63) is 76.1 Å². The average molecular weight is 426 g/mol. The van der Waals surface area contributed by atoms with Crippen molar-refractivity contribution >= 4 is 34.3 Å². The molecule has 0 N–H and O–H groups in total. The molecular formula is C21H20ClN5OS. The lowest BCUT2D eigenvalue weighted by Gasteiger charge is -2.18. The van der Waals surface area contributed by atoms with E-state index in [9.17, 15) is 4.79 Å². The van der Waals surface area contributed by atoms with Crippen LogP contribution >= 0.6 is 23.4 Å². The van der Waals surface area contributed by atoms with Gasteiger partial charge in [0, 0.05) is 10.8 Å². The predicted molar refractivity (Wildman–Crippen MR) is 117 cm³/mol. The van der Waals surface area contributed by atoms with E-state index in [1.54, 1.807) is 33.8 Å². The van der Waals surface area contributed by atoms with Crippen LogP contribution in [0.5, 0.6) is 0 Å². The van der Waals surface area contributed by atoms with Crippen LogP contribution in [-0.2, 0) is 6.54 Å². The number of para-hydroxylation sites is 1. The first-order valence-corrected chi connectivity index (χ1v) is 10.7. The maximum absolute atomic E-state index is 13.5. The Morgan fingerprint density at radius 1 is 1.17 bits per heavy atom. The summed E-state index contributed by atoms with van der Waals surface area (Å²) in [5, 5.41) is 5.88. The van der Waals surface area contributed by atoms with Crippen LogP contribution in [0.15, 0.2) is 65.1 Å². The number of fused-ring (bicyclic) bond motifs is 1. The molecule has 0 bridgehead atoms. The lowest BCUT2D eigenvalue weighted by molar-refractivity contribution is 0.663. The Labute approximate surface area is 177 Å². The summed E-state index contributed by atoms with van der Waals surface area (Å²) in [5.74, 6) is 0.970. The zero-order valence-corrected chi connectivity index (χ0v) is 17.7. The molecule has 0 aliphatic carbocycles. The topological polar surface area (TPSA) is 65.6 Å². The molecule has 0 spiro atoms. The van der Waals surface area contributed by atoms with Crippen molar-refractivity contribution < 1.29 is 0 Å². The second-order valence-corrected chi connectivity index (χ2v) is 8.42. The molecule has 148 valence electrons. The largest absolute Gasteiger partial charge is 0.268 e.